The molecule has 1 aromatic heterocycles. The third kappa shape index (κ3) is 1.90. The summed E-state index contributed by atoms with van der Waals surface area (Å²) < 4.78 is 14.1. The highest BCUT2D eigenvalue weighted by molar-refractivity contribution is 5.31. The van der Waals surface area contributed by atoms with Crippen molar-refractivity contribution >= 4 is 0 Å². The molecule has 0 atom stereocenters. The summed E-state index contributed by atoms with van der Waals surface area (Å²) in [5, 5.41) is 2.82. The Hall–Kier alpha value is -1.88. The normalized spacial score (nSPS) is 10.6. The Morgan fingerprint density at radius 1 is 1.31 bits per heavy atom. The van der Waals surface area contributed by atoms with Crippen LogP contribution in [-0.4, -0.2) is 16.3 Å². The van der Waals surface area contributed by atoms with Crippen LogP contribution in [0.2, 0.25) is 0 Å². The van der Waals surface area contributed by atoms with Gasteiger partial charge < -0.3 is 5.73 Å². The molecule has 2 aromatic rings. The van der Waals surface area contributed by atoms with Crippen molar-refractivity contribution in [3.63, 3.8) is 0 Å². The number of aromatic amines is 1. The van der Waals surface area contributed by atoms with Crippen LogP contribution in [0.15, 0.2) is 35.3 Å². The maximum absolute atomic E-state index is 12.7. The lowest BCUT2D eigenvalue weighted by atomic mass is 10.2. The monoisotopic (exact) mass is 221 g/mol. The fourth-order valence-corrected chi connectivity index (χ4v) is 1.52. The van der Waals surface area contributed by atoms with Crippen LogP contribution in [0.3, 0.4) is 0 Å². The molecule has 0 aliphatic heterocycles. The first-order valence-corrected chi connectivity index (χ1v) is 4.97. The minimum absolute atomic E-state index is 0.142. The lowest BCUT2D eigenvalue weighted by Crippen LogP contribution is -2.19. The molecule has 84 valence electrons. The number of halogens is 1. The van der Waals surface area contributed by atoms with Crippen LogP contribution in [0.25, 0.3) is 5.69 Å². The minimum Gasteiger partial charge on any atom is -0.330 e. The van der Waals surface area contributed by atoms with E-state index >= 15 is 0 Å². The van der Waals surface area contributed by atoms with Crippen LogP contribution in [0.1, 0.15) is 5.56 Å². The standard InChI is InChI=1S/C11H12FN3O/c12-9-1-3-10(4-2-9)15-11(16)8(5-6-13)7-14-15/h1-4,7,14H,5-6,13H2. The maximum Gasteiger partial charge on any atom is 0.274 e. The van der Waals surface area contributed by atoms with Gasteiger partial charge in [-0.2, -0.15) is 0 Å². The first-order chi connectivity index (χ1) is 7.72. The zero-order chi connectivity index (χ0) is 11.5. The topological polar surface area (TPSA) is 63.8 Å². The first kappa shape index (κ1) is 10.6. The molecule has 0 saturated carbocycles. The van der Waals surface area contributed by atoms with E-state index in [9.17, 15) is 9.18 Å². The highest BCUT2D eigenvalue weighted by atomic mass is 19.1. The molecule has 1 aromatic carbocycles. The number of hydrogen-bond acceptors (Lipinski definition) is 2. The summed E-state index contributed by atoms with van der Waals surface area (Å²) in [6.45, 7) is 0.427. The van der Waals surface area contributed by atoms with Gasteiger partial charge in [-0.1, -0.05) is 0 Å². The molecule has 0 fully saturated rings. The van der Waals surface area contributed by atoms with E-state index in [1.807, 2.05) is 0 Å². The Bertz CT molecular complexity index is 527. The molecule has 1 heterocycles. The highest BCUT2D eigenvalue weighted by Gasteiger charge is 2.06. The average molecular weight is 221 g/mol. The Kier molecular flexibility index (Phi) is 2.87. The molecule has 5 heteroatoms. The quantitative estimate of drug-likeness (QED) is 0.805. The van der Waals surface area contributed by atoms with Crippen molar-refractivity contribution in [2.45, 2.75) is 6.42 Å². The van der Waals surface area contributed by atoms with Gasteiger partial charge in [-0.3, -0.25) is 9.89 Å². The number of aromatic nitrogens is 2. The van der Waals surface area contributed by atoms with Gasteiger partial charge in [0, 0.05) is 11.8 Å². The predicted molar refractivity (Wildman–Crippen MR) is 59.1 cm³/mol. The zero-order valence-electron chi connectivity index (χ0n) is 8.61. The van der Waals surface area contributed by atoms with Gasteiger partial charge in [0.15, 0.2) is 0 Å². The summed E-state index contributed by atoms with van der Waals surface area (Å²) >= 11 is 0. The molecular formula is C11H12FN3O. The van der Waals surface area contributed by atoms with Gasteiger partial charge in [0.2, 0.25) is 0 Å². The van der Waals surface area contributed by atoms with Crippen molar-refractivity contribution in [2.75, 3.05) is 6.54 Å². The lowest BCUT2D eigenvalue weighted by Gasteiger charge is -2.00. The lowest BCUT2D eigenvalue weighted by molar-refractivity contribution is 0.627. The van der Waals surface area contributed by atoms with Crippen molar-refractivity contribution in [2.24, 2.45) is 5.73 Å². The van der Waals surface area contributed by atoms with Gasteiger partial charge in [0.05, 0.1) is 5.69 Å². The van der Waals surface area contributed by atoms with Crippen LogP contribution >= 0.6 is 0 Å². The van der Waals surface area contributed by atoms with Crippen molar-refractivity contribution < 1.29 is 4.39 Å². The van der Waals surface area contributed by atoms with Crippen LogP contribution in [0, 0.1) is 5.82 Å². The van der Waals surface area contributed by atoms with Gasteiger partial charge in [0.1, 0.15) is 5.82 Å². The number of nitrogens with one attached hydrogen (secondary N) is 1. The molecule has 16 heavy (non-hydrogen) atoms. The van der Waals surface area contributed by atoms with E-state index in [0.29, 0.717) is 24.2 Å². The predicted octanol–water partition coefficient (Wildman–Crippen LogP) is 0.806. The van der Waals surface area contributed by atoms with Crippen LogP contribution in [0.5, 0.6) is 0 Å². The molecule has 0 aliphatic carbocycles. The number of hydrogen-bond donors (Lipinski definition) is 2. The molecule has 0 spiro atoms. The van der Waals surface area contributed by atoms with Gasteiger partial charge >= 0.3 is 0 Å². The number of H-pyrrole nitrogens is 1. The average Bonchev–Trinajstić information content (AvgIpc) is 2.63. The van der Waals surface area contributed by atoms with E-state index in [2.05, 4.69) is 5.10 Å². The molecule has 2 rings (SSSR count). The molecule has 0 radical (unpaired) electrons. The summed E-state index contributed by atoms with van der Waals surface area (Å²) in [7, 11) is 0. The number of benzene rings is 1. The summed E-state index contributed by atoms with van der Waals surface area (Å²) in [5.41, 5.74) is 6.48. The van der Waals surface area contributed by atoms with Crippen molar-refractivity contribution in [3.8, 4) is 5.69 Å². The summed E-state index contributed by atoms with van der Waals surface area (Å²) in [6, 6.07) is 5.70. The second-order valence-corrected chi connectivity index (χ2v) is 3.45. The smallest absolute Gasteiger partial charge is 0.274 e. The van der Waals surface area contributed by atoms with E-state index in [-0.39, 0.29) is 11.4 Å². The highest BCUT2D eigenvalue weighted by Crippen LogP contribution is 2.06. The number of nitrogens with two attached hydrogens (primary N) is 1. The van der Waals surface area contributed by atoms with Crippen molar-refractivity contribution in [1.82, 2.24) is 9.78 Å². The van der Waals surface area contributed by atoms with E-state index in [1.165, 1.54) is 16.8 Å². The van der Waals surface area contributed by atoms with E-state index in [1.54, 1.807) is 18.3 Å². The molecule has 3 N–H and O–H groups in total. The summed E-state index contributed by atoms with van der Waals surface area (Å²) in [6.07, 6.45) is 2.15. The fourth-order valence-electron chi connectivity index (χ4n) is 1.52. The van der Waals surface area contributed by atoms with E-state index < -0.39 is 0 Å². The SMILES string of the molecule is NCCc1c[nH]n(-c2ccc(F)cc2)c1=O. The van der Waals surface area contributed by atoms with Gasteiger partial charge in [-0.25, -0.2) is 9.07 Å². The second kappa shape index (κ2) is 4.32. The van der Waals surface area contributed by atoms with Gasteiger partial charge in [-0.15, -0.1) is 0 Å². The molecule has 4 nitrogen and oxygen atoms in total. The molecule has 0 saturated heterocycles. The fraction of sp³-hybridized carbons (Fsp3) is 0.182. The molecule has 0 unspecified atom stereocenters. The zero-order valence-corrected chi connectivity index (χ0v) is 8.61. The molecule has 0 amide bonds. The largest absolute Gasteiger partial charge is 0.330 e. The number of rotatable bonds is 3. The Morgan fingerprint density at radius 2 is 2.00 bits per heavy atom. The number of nitrogens with zero attached hydrogens (tertiary/aromatic N) is 1. The second-order valence-electron chi connectivity index (χ2n) is 3.45. The minimum atomic E-state index is -0.328. The third-order valence-electron chi connectivity index (χ3n) is 2.34. The molecular weight excluding hydrogens is 209 g/mol. The first-order valence-electron chi connectivity index (χ1n) is 4.97. The van der Waals surface area contributed by atoms with E-state index in [4.69, 9.17) is 5.73 Å². The summed E-state index contributed by atoms with van der Waals surface area (Å²) in [5.74, 6) is -0.328. The Morgan fingerprint density at radius 3 is 2.62 bits per heavy atom. The summed E-state index contributed by atoms with van der Waals surface area (Å²) in [4.78, 5) is 11.8. The maximum atomic E-state index is 12.7. The Labute approximate surface area is 91.5 Å². The van der Waals surface area contributed by atoms with Gasteiger partial charge in [-0.05, 0) is 37.2 Å². The Balaban J connectivity index is 2.41. The van der Waals surface area contributed by atoms with E-state index in [0.717, 1.165) is 0 Å². The molecule has 0 aliphatic rings. The van der Waals surface area contributed by atoms with Crippen molar-refractivity contribution in [3.05, 3.63) is 52.2 Å². The van der Waals surface area contributed by atoms with Crippen LogP contribution < -0.4 is 11.3 Å². The van der Waals surface area contributed by atoms with Crippen LogP contribution in [0.4, 0.5) is 4.39 Å². The van der Waals surface area contributed by atoms with Crippen LogP contribution in [-0.2, 0) is 6.42 Å². The third-order valence-corrected chi connectivity index (χ3v) is 2.34. The van der Waals surface area contributed by atoms with Gasteiger partial charge in [0.25, 0.3) is 5.56 Å². The van der Waals surface area contributed by atoms with Crippen molar-refractivity contribution in [1.29, 1.82) is 0 Å². The molecule has 0 bridgehead atoms.